The zero-order valence-electron chi connectivity index (χ0n) is 8.85. The number of aromatic amines is 1. The van der Waals surface area contributed by atoms with E-state index in [0.717, 1.165) is 19.4 Å². The van der Waals surface area contributed by atoms with Gasteiger partial charge in [0.1, 0.15) is 0 Å². The van der Waals surface area contributed by atoms with Crippen LogP contribution in [0.1, 0.15) is 23.2 Å². The number of carbonyl (C=O) groups is 1. The highest BCUT2D eigenvalue weighted by atomic mass is 32.1. The summed E-state index contributed by atoms with van der Waals surface area (Å²) in [5.41, 5.74) is 6.21. The molecule has 0 aromatic carbocycles. The van der Waals surface area contributed by atoms with E-state index < -0.39 is 0 Å². The first kappa shape index (κ1) is 11.1. The number of piperidine rings is 1. The fraction of sp³-hybridized carbons (Fsp3) is 0.500. The third-order valence-electron chi connectivity index (χ3n) is 2.86. The van der Waals surface area contributed by atoms with Gasteiger partial charge in [-0.1, -0.05) is 12.2 Å². The quantitative estimate of drug-likeness (QED) is 0.738. The average molecular weight is 238 g/mol. The van der Waals surface area contributed by atoms with Crippen LogP contribution in [0.3, 0.4) is 0 Å². The van der Waals surface area contributed by atoms with Crippen molar-refractivity contribution in [2.75, 3.05) is 13.1 Å². The van der Waals surface area contributed by atoms with Crippen LogP contribution in [0.5, 0.6) is 0 Å². The standard InChI is InChI=1S/C10H14N4OS/c11-9(16)7-2-1-3-14(6-7)10(15)8-4-12-13-5-8/h4-5,7H,1-3,6H2,(H2,11,16)(H,12,13). The van der Waals surface area contributed by atoms with Gasteiger partial charge in [-0.25, -0.2) is 0 Å². The fourth-order valence-corrected chi connectivity index (χ4v) is 2.14. The Hall–Kier alpha value is -1.43. The SMILES string of the molecule is NC(=S)C1CCCN(C(=O)c2cn[nH]c2)C1. The van der Waals surface area contributed by atoms with E-state index in [1.165, 1.54) is 6.20 Å². The molecule has 86 valence electrons. The molecule has 1 aliphatic rings. The third-order valence-corrected chi connectivity index (χ3v) is 3.19. The van der Waals surface area contributed by atoms with E-state index in [0.29, 0.717) is 17.1 Å². The molecule has 0 bridgehead atoms. The third kappa shape index (κ3) is 2.21. The van der Waals surface area contributed by atoms with Crippen LogP contribution in [0.25, 0.3) is 0 Å². The van der Waals surface area contributed by atoms with Crippen molar-refractivity contribution >= 4 is 23.1 Å². The van der Waals surface area contributed by atoms with Crippen LogP contribution in [-0.2, 0) is 0 Å². The van der Waals surface area contributed by atoms with E-state index in [-0.39, 0.29) is 11.8 Å². The largest absolute Gasteiger partial charge is 0.393 e. The van der Waals surface area contributed by atoms with Gasteiger partial charge in [0.15, 0.2) is 0 Å². The van der Waals surface area contributed by atoms with Crippen LogP contribution in [0, 0.1) is 5.92 Å². The highest BCUT2D eigenvalue weighted by Crippen LogP contribution is 2.18. The van der Waals surface area contributed by atoms with Crippen LogP contribution in [0.2, 0.25) is 0 Å². The summed E-state index contributed by atoms with van der Waals surface area (Å²) in [6, 6.07) is 0. The molecule has 0 saturated carbocycles. The summed E-state index contributed by atoms with van der Waals surface area (Å²) in [6.45, 7) is 1.39. The maximum absolute atomic E-state index is 12.0. The molecule has 0 radical (unpaired) electrons. The van der Waals surface area contributed by atoms with Crippen LogP contribution < -0.4 is 5.73 Å². The summed E-state index contributed by atoms with van der Waals surface area (Å²) in [7, 11) is 0. The van der Waals surface area contributed by atoms with Gasteiger partial charge in [-0.3, -0.25) is 9.89 Å². The summed E-state index contributed by atoms with van der Waals surface area (Å²) in [5.74, 6) is 0.148. The van der Waals surface area contributed by atoms with Gasteiger partial charge in [0, 0.05) is 25.2 Å². The van der Waals surface area contributed by atoms with Crippen LogP contribution in [-0.4, -0.2) is 39.1 Å². The first-order valence-corrected chi connectivity index (χ1v) is 5.66. The minimum Gasteiger partial charge on any atom is -0.393 e. The number of thiocarbonyl (C=S) groups is 1. The van der Waals surface area contributed by atoms with Gasteiger partial charge in [-0.15, -0.1) is 0 Å². The fourth-order valence-electron chi connectivity index (χ4n) is 1.94. The maximum Gasteiger partial charge on any atom is 0.257 e. The Labute approximate surface area is 99.0 Å². The summed E-state index contributed by atoms with van der Waals surface area (Å²) >= 11 is 4.98. The Balaban J connectivity index is 2.05. The highest BCUT2D eigenvalue weighted by Gasteiger charge is 2.26. The van der Waals surface area contributed by atoms with E-state index in [4.69, 9.17) is 18.0 Å². The minimum atomic E-state index is -0.00491. The van der Waals surface area contributed by atoms with E-state index >= 15 is 0 Å². The van der Waals surface area contributed by atoms with Crippen molar-refractivity contribution in [2.24, 2.45) is 11.7 Å². The first-order chi connectivity index (χ1) is 7.68. The zero-order chi connectivity index (χ0) is 11.5. The second-order valence-electron chi connectivity index (χ2n) is 3.98. The Morgan fingerprint density at radius 2 is 2.50 bits per heavy atom. The second-order valence-corrected chi connectivity index (χ2v) is 4.45. The molecular weight excluding hydrogens is 224 g/mol. The zero-order valence-corrected chi connectivity index (χ0v) is 9.67. The molecule has 1 saturated heterocycles. The molecule has 1 aromatic heterocycles. The van der Waals surface area contributed by atoms with Gasteiger partial charge >= 0.3 is 0 Å². The lowest BCUT2D eigenvalue weighted by molar-refractivity contribution is 0.0703. The number of rotatable bonds is 2. The van der Waals surface area contributed by atoms with Crippen molar-refractivity contribution in [1.82, 2.24) is 15.1 Å². The van der Waals surface area contributed by atoms with E-state index in [1.807, 2.05) is 0 Å². The van der Waals surface area contributed by atoms with Gasteiger partial charge < -0.3 is 10.6 Å². The molecule has 5 nitrogen and oxygen atoms in total. The van der Waals surface area contributed by atoms with Crippen LogP contribution >= 0.6 is 12.2 Å². The van der Waals surface area contributed by atoms with Crippen LogP contribution in [0.15, 0.2) is 12.4 Å². The van der Waals surface area contributed by atoms with Gasteiger partial charge in [0.25, 0.3) is 5.91 Å². The molecule has 1 aromatic rings. The lowest BCUT2D eigenvalue weighted by atomic mass is 9.98. The molecule has 0 spiro atoms. The number of nitrogens with zero attached hydrogens (tertiary/aromatic N) is 2. The van der Waals surface area contributed by atoms with Gasteiger partial charge in [0.05, 0.1) is 16.7 Å². The molecule has 1 fully saturated rings. The number of likely N-dealkylation sites (tertiary alicyclic amines) is 1. The number of hydrogen-bond acceptors (Lipinski definition) is 3. The van der Waals surface area contributed by atoms with Crippen molar-refractivity contribution in [3.63, 3.8) is 0 Å². The lowest BCUT2D eigenvalue weighted by Gasteiger charge is -2.31. The Morgan fingerprint density at radius 1 is 1.69 bits per heavy atom. The number of H-pyrrole nitrogens is 1. The van der Waals surface area contributed by atoms with E-state index in [1.54, 1.807) is 11.1 Å². The predicted molar refractivity (Wildman–Crippen MR) is 64.0 cm³/mol. The van der Waals surface area contributed by atoms with Crippen molar-refractivity contribution in [3.8, 4) is 0 Å². The highest BCUT2D eigenvalue weighted by molar-refractivity contribution is 7.80. The Morgan fingerprint density at radius 3 is 3.12 bits per heavy atom. The Bertz CT molecular complexity index is 390. The normalized spacial score (nSPS) is 20.8. The molecule has 16 heavy (non-hydrogen) atoms. The summed E-state index contributed by atoms with van der Waals surface area (Å²) in [5, 5.41) is 6.40. The molecule has 2 heterocycles. The van der Waals surface area contributed by atoms with Gasteiger partial charge in [0.2, 0.25) is 0 Å². The molecule has 3 N–H and O–H groups in total. The van der Waals surface area contributed by atoms with Gasteiger partial charge in [-0.05, 0) is 12.8 Å². The first-order valence-electron chi connectivity index (χ1n) is 5.26. The number of aromatic nitrogens is 2. The lowest BCUT2D eigenvalue weighted by Crippen LogP contribution is -2.43. The molecule has 0 aliphatic carbocycles. The van der Waals surface area contributed by atoms with Crippen molar-refractivity contribution in [3.05, 3.63) is 18.0 Å². The van der Waals surface area contributed by atoms with E-state index in [9.17, 15) is 4.79 Å². The topological polar surface area (TPSA) is 75.0 Å². The second kappa shape index (κ2) is 4.61. The minimum absolute atomic E-state index is 0.00491. The number of amides is 1. The summed E-state index contributed by atoms with van der Waals surface area (Å²) in [6.07, 6.45) is 5.07. The summed E-state index contributed by atoms with van der Waals surface area (Å²) in [4.78, 5) is 14.3. The monoisotopic (exact) mass is 238 g/mol. The molecule has 1 amide bonds. The Kier molecular flexibility index (Phi) is 3.19. The van der Waals surface area contributed by atoms with Crippen molar-refractivity contribution in [2.45, 2.75) is 12.8 Å². The van der Waals surface area contributed by atoms with Crippen molar-refractivity contribution < 1.29 is 4.79 Å². The van der Waals surface area contributed by atoms with Crippen LogP contribution in [0.4, 0.5) is 0 Å². The predicted octanol–water partition coefficient (Wildman–Crippen LogP) is 0.548. The molecule has 6 heteroatoms. The van der Waals surface area contributed by atoms with Gasteiger partial charge in [-0.2, -0.15) is 5.10 Å². The molecule has 1 atom stereocenters. The molecule has 1 unspecified atom stereocenters. The number of nitrogens with one attached hydrogen (secondary N) is 1. The number of hydrogen-bond donors (Lipinski definition) is 2. The smallest absolute Gasteiger partial charge is 0.257 e. The van der Waals surface area contributed by atoms with E-state index in [2.05, 4.69) is 10.2 Å². The average Bonchev–Trinajstić information content (AvgIpc) is 2.81. The van der Waals surface area contributed by atoms with Crippen molar-refractivity contribution in [1.29, 1.82) is 0 Å². The number of carbonyl (C=O) groups excluding carboxylic acids is 1. The molecular formula is C10H14N4OS. The summed E-state index contributed by atoms with van der Waals surface area (Å²) < 4.78 is 0. The molecule has 2 rings (SSSR count). The number of nitrogens with two attached hydrogens (primary N) is 1. The maximum atomic E-state index is 12.0. The molecule has 1 aliphatic heterocycles.